The van der Waals surface area contributed by atoms with E-state index in [9.17, 15) is 13.2 Å². The highest BCUT2D eigenvalue weighted by atomic mass is 35.5. The molecule has 2 aromatic rings. The SMILES string of the molecule is COc1cc(Cl)c(C)cc1NC(=O)c1cccc(CS(C)(=O)=O)c1. The topological polar surface area (TPSA) is 72.5 Å². The second kappa shape index (κ2) is 7.23. The van der Waals surface area contributed by atoms with Gasteiger partial charge in [0.05, 0.1) is 18.6 Å². The summed E-state index contributed by atoms with van der Waals surface area (Å²) in [5.74, 6) is -0.0195. The average molecular weight is 368 g/mol. The molecule has 1 N–H and O–H groups in total. The van der Waals surface area contributed by atoms with Crippen molar-refractivity contribution < 1.29 is 17.9 Å². The van der Waals surface area contributed by atoms with E-state index in [4.69, 9.17) is 16.3 Å². The Hall–Kier alpha value is -2.05. The van der Waals surface area contributed by atoms with Crippen molar-refractivity contribution in [2.75, 3.05) is 18.7 Å². The Morgan fingerprint density at radius 2 is 1.96 bits per heavy atom. The van der Waals surface area contributed by atoms with Gasteiger partial charge in [0, 0.05) is 22.9 Å². The number of hydrogen-bond donors (Lipinski definition) is 1. The van der Waals surface area contributed by atoms with Crippen molar-refractivity contribution in [2.24, 2.45) is 0 Å². The highest BCUT2D eigenvalue weighted by Crippen LogP contribution is 2.31. The summed E-state index contributed by atoms with van der Waals surface area (Å²) < 4.78 is 28.0. The number of carbonyl (C=O) groups is 1. The van der Waals surface area contributed by atoms with E-state index in [-0.39, 0.29) is 11.7 Å². The first-order valence-corrected chi connectivity index (χ1v) is 9.55. The molecule has 5 nitrogen and oxygen atoms in total. The van der Waals surface area contributed by atoms with Gasteiger partial charge in [-0.15, -0.1) is 0 Å². The van der Waals surface area contributed by atoms with Crippen molar-refractivity contribution in [3.63, 3.8) is 0 Å². The number of anilines is 1. The fourth-order valence-electron chi connectivity index (χ4n) is 2.23. The molecule has 0 saturated carbocycles. The summed E-state index contributed by atoms with van der Waals surface area (Å²) in [4.78, 5) is 12.4. The Labute approximate surface area is 146 Å². The number of sulfone groups is 1. The van der Waals surface area contributed by atoms with Crippen LogP contribution in [0.4, 0.5) is 5.69 Å². The van der Waals surface area contributed by atoms with Crippen LogP contribution in [0.5, 0.6) is 5.75 Å². The molecule has 0 heterocycles. The molecule has 1 amide bonds. The van der Waals surface area contributed by atoms with Crippen molar-refractivity contribution in [3.05, 3.63) is 58.1 Å². The Balaban J connectivity index is 2.28. The molecule has 2 rings (SSSR count). The zero-order chi connectivity index (χ0) is 17.9. The number of hydrogen-bond acceptors (Lipinski definition) is 4. The molecule has 0 aliphatic carbocycles. The van der Waals surface area contributed by atoms with Crippen LogP contribution in [0, 0.1) is 6.92 Å². The number of nitrogens with one attached hydrogen (secondary N) is 1. The number of rotatable bonds is 5. The van der Waals surface area contributed by atoms with E-state index in [1.54, 1.807) is 36.4 Å². The molecule has 7 heteroatoms. The summed E-state index contributed by atoms with van der Waals surface area (Å²) in [6, 6.07) is 9.86. The summed E-state index contributed by atoms with van der Waals surface area (Å²) in [6.45, 7) is 1.82. The van der Waals surface area contributed by atoms with Gasteiger partial charge in [-0.3, -0.25) is 4.79 Å². The third-order valence-corrected chi connectivity index (χ3v) is 4.61. The van der Waals surface area contributed by atoms with Crippen molar-refractivity contribution in [3.8, 4) is 5.75 Å². The number of aryl methyl sites for hydroxylation is 1. The zero-order valence-electron chi connectivity index (χ0n) is 13.6. The van der Waals surface area contributed by atoms with E-state index >= 15 is 0 Å². The van der Waals surface area contributed by atoms with E-state index in [0.717, 1.165) is 11.8 Å². The molecule has 24 heavy (non-hydrogen) atoms. The second-order valence-electron chi connectivity index (χ2n) is 5.53. The van der Waals surface area contributed by atoms with Gasteiger partial charge < -0.3 is 10.1 Å². The predicted octanol–water partition coefficient (Wildman–Crippen LogP) is 3.45. The van der Waals surface area contributed by atoms with E-state index in [2.05, 4.69) is 5.32 Å². The summed E-state index contributed by atoms with van der Waals surface area (Å²) in [7, 11) is -1.68. The van der Waals surface area contributed by atoms with Crippen molar-refractivity contribution in [1.29, 1.82) is 0 Å². The normalized spacial score (nSPS) is 11.2. The lowest BCUT2D eigenvalue weighted by molar-refractivity contribution is 0.102. The van der Waals surface area contributed by atoms with Gasteiger partial charge in [0.15, 0.2) is 9.84 Å². The van der Waals surface area contributed by atoms with E-state index in [0.29, 0.717) is 27.6 Å². The van der Waals surface area contributed by atoms with Crippen LogP contribution in [-0.2, 0) is 15.6 Å². The molecule has 0 aliphatic heterocycles. The van der Waals surface area contributed by atoms with Gasteiger partial charge >= 0.3 is 0 Å². The Kier molecular flexibility index (Phi) is 5.51. The van der Waals surface area contributed by atoms with Crippen molar-refractivity contribution in [2.45, 2.75) is 12.7 Å². The zero-order valence-corrected chi connectivity index (χ0v) is 15.2. The molecule has 2 aromatic carbocycles. The van der Waals surface area contributed by atoms with Crippen molar-refractivity contribution >= 4 is 33.0 Å². The largest absolute Gasteiger partial charge is 0.495 e. The average Bonchev–Trinajstić information content (AvgIpc) is 2.49. The minimum atomic E-state index is -3.17. The molecule has 128 valence electrons. The van der Waals surface area contributed by atoms with Crippen LogP contribution in [0.2, 0.25) is 5.02 Å². The maximum atomic E-state index is 12.4. The molecule has 0 unspecified atom stereocenters. The third kappa shape index (κ3) is 4.72. The van der Waals surface area contributed by atoms with Gasteiger partial charge in [-0.05, 0) is 36.2 Å². The first kappa shape index (κ1) is 18.3. The number of carbonyl (C=O) groups excluding carboxylic acids is 1. The van der Waals surface area contributed by atoms with E-state index in [1.165, 1.54) is 7.11 Å². The van der Waals surface area contributed by atoms with Crippen LogP contribution < -0.4 is 10.1 Å². The second-order valence-corrected chi connectivity index (χ2v) is 8.07. The summed E-state index contributed by atoms with van der Waals surface area (Å²) >= 11 is 6.05. The molecule has 0 radical (unpaired) electrons. The molecule has 0 spiro atoms. The van der Waals surface area contributed by atoms with Crippen molar-refractivity contribution in [1.82, 2.24) is 0 Å². The maximum Gasteiger partial charge on any atom is 0.255 e. The molecule has 0 aromatic heterocycles. The van der Waals surface area contributed by atoms with Gasteiger partial charge in [0.25, 0.3) is 5.91 Å². The lowest BCUT2D eigenvalue weighted by atomic mass is 10.1. The standard InChI is InChI=1S/C17H18ClNO4S/c1-11-7-15(16(23-2)9-14(11)18)19-17(20)13-6-4-5-12(8-13)10-24(3,21)22/h4-9H,10H2,1-3H3,(H,19,20). The van der Waals surface area contributed by atoms with Gasteiger partial charge in [-0.1, -0.05) is 23.7 Å². The smallest absolute Gasteiger partial charge is 0.255 e. The minimum absolute atomic E-state index is 0.114. The first-order chi connectivity index (χ1) is 11.2. The van der Waals surface area contributed by atoms with Crippen LogP contribution in [0.1, 0.15) is 21.5 Å². The Morgan fingerprint density at radius 3 is 2.58 bits per heavy atom. The number of halogens is 1. The number of amides is 1. The van der Waals surface area contributed by atoms with E-state index in [1.807, 2.05) is 6.92 Å². The number of benzene rings is 2. The molecule has 0 bridgehead atoms. The maximum absolute atomic E-state index is 12.4. The molecule has 0 fully saturated rings. The van der Waals surface area contributed by atoms with Gasteiger partial charge in [-0.25, -0.2) is 8.42 Å². The Bertz CT molecular complexity index is 878. The van der Waals surface area contributed by atoms with Crippen LogP contribution in [0.3, 0.4) is 0 Å². The van der Waals surface area contributed by atoms with Crippen LogP contribution in [0.15, 0.2) is 36.4 Å². The highest BCUT2D eigenvalue weighted by Gasteiger charge is 2.13. The monoisotopic (exact) mass is 367 g/mol. The summed E-state index contributed by atoms with van der Waals surface area (Å²) in [6.07, 6.45) is 1.15. The molecule has 0 aliphatic rings. The molecular formula is C17H18ClNO4S. The molecular weight excluding hydrogens is 350 g/mol. The van der Waals surface area contributed by atoms with E-state index < -0.39 is 9.84 Å². The third-order valence-electron chi connectivity index (χ3n) is 3.35. The van der Waals surface area contributed by atoms with Gasteiger partial charge in [0.1, 0.15) is 5.75 Å². The summed E-state index contributed by atoms with van der Waals surface area (Å²) in [5.41, 5.74) is 2.23. The lowest BCUT2D eigenvalue weighted by Gasteiger charge is -2.12. The highest BCUT2D eigenvalue weighted by molar-refractivity contribution is 7.89. The molecule has 0 saturated heterocycles. The van der Waals surface area contributed by atoms with Crippen LogP contribution in [-0.4, -0.2) is 27.7 Å². The Morgan fingerprint density at radius 1 is 1.25 bits per heavy atom. The van der Waals surface area contributed by atoms with Gasteiger partial charge in [0.2, 0.25) is 0 Å². The van der Waals surface area contributed by atoms with Gasteiger partial charge in [-0.2, -0.15) is 0 Å². The quantitative estimate of drug-likeness (QED) is 0.878. The predicted molar refractivity (Wildman–Crippen MR) is 95.7 cm³/mol. The number of ether oxygens (including phenoxy) is 1. The molecule has 0 atom stereocenters. The fourth-order valence-corrected chi connectivity index (χ4v) is 3.17. The first-order valence-electron chi connectivity index (χ1n) is 7.12. The number of methoxy groups -OCH3 is 1. The fraction of sp³-hybridized carbons (Fsp3) is 0.235. The van der Waals surface area contributed by atoms with Crippen LogP contribution in [0.25, 0.3) is 0 Å². The van der Waals surface area contributed by atoms with Crippen LogP contribution >= 0.6 is 11.6 Å². The lowest BCUT2D eigenvalue weighted by Crippen LogP contribution is -2.13. The summed E-state index contributed by atoms with van der Waals surface area (Å²) in [5, 5.41) is 3.31. The minimum Gasteiger partial charge on any atom is -0.495 e.